The molecular formula is C24H26N4O3S. The van der Waals surface area contributed by atoms with E-state index in [9.17, 15) is 4.79 Å². The van der Waals surface area contributed by atoms with Gasteiger partial charge in [0, 0.05) is 11.6 Å². The van der Waals surface area contributed by atoms with Crippen molar-refractivity contribution >= 4 is 33.3 Å². The molecule has 0 aliphatic heterocycles. The zero-order valence-corrected chi connectivity index (χ0v) is 19.2. The fourth-order valence-electron chi connectivity index (χ4n) is 3.23. The van der Waals surface area contributed by atoms with E-state index in [0.717, 1.165) is 40.3 Å². The van der Waals surface area contributed by atoms with Gasteiger partial charge in [0.15, 0.2) is 0 Å². The number of carbonyl (C=O) groups excluding carboxylic acids is 1. The van der Waals surface area contributed by atoms with Crippen LogP contribution in [0.4, 0.5) is 5.82 Å². The predicted molar refractivity (Wildman–Crippen MR) is 127 cm³/mol. The Kier molecular flexibility index (Phi) is 6.70. The second kappa shape index (κ2) is 9.82. The number of aromatic nitrogens is 3. The molecule has 0 unspecified atom stereocenters. The molecule has 0 saturated heterocycles. The van der Waals surface area contributed by atoms with E-state index < -0.39 is 0 Å². The van der Waals surface area contributed by atoms with E-state index >= 15 is 0 Å². The molecule has 4 rings (SSSR count). The van der Waals surface area contributed by atoms with Crippen LogP contribution in [0.5, 0.6) is 11.5 Å². The molecule has 7 nitrogen and oxygen atoms in total. The van der Waals surface area contributed by atoms with E-state index in [1.165, 1.54) is 11.3 Å². The number of hydrogen-bond acceptors (Lipinski definition) is 6. The second-order valence-corrected chi connectivity index (χ2v) is 8.30. The number of hydrogen-bond donors (Lipinski definition) is 1. The number of nitrogens with one attached hydrogen (secondary N) is 1. The first-order valence-corrected chi connectivity index (χ1v) is 11.5. The molecule has 0 bridgehead atoms. The van der Waals surface area contributed by atoms with Gasteiger partial charge in [0.25, 0.3) is 5.91 Å². The highest BCUT2D eigenvalue weighted by atomic mass is 32.1. The maximum Gasteiger partial charge on any atom is 0.256 e. The number of ether oxygens (including phenoxy) is 2. The summed E-state index contributed by atoms with van der Waals surface area (Å²) in [6.07, 6.45) is 2.08. The van der Waals surface area contributed by atoms with Gasteiger partial charge < -0.3 is 14.8 Å². The molecule has 1 N–H and O–H groups in total. The second-order valence-electron chi connectivity index (χ2n) is 7.30. The Morgan fingerprint density at radius 1 is 1.12 bits per heavy atom. The summed E-state index contributed by atoms with van der Waals surface area (Å²) in [5, 5.41) is 8.16. The maximum absolute atomic E-state index is 12.9. The first-order valence-electron chi connectivity index (χ1n) is 10.7. The highest BCUT2D eigenvalue weighted by molar-refractivity contribution is 7.20. The Morgan fingerprint density at radius 2 is 1.94 bits per heavy atom. The third kappa shape index (κ3) is 4.75. The van der Waals surface area contributed by atoms with Gasteiger partial charge in [0.1, 0.15) is 22.8 Å². The smallest absolute Gasteiger partial charge is 0.256 e. The average Bonchev–Trinajstić information content (AvgIpc) is 3.38. The van der Waals surface area contributed by atoms with Crippen LogP contribution in [0.15, 0.2) is 48.5 Å². The molecule has 0 saturated carbocycles. The third-order valence-electron chi connectivity index (χ3n) is 4.81. The van der Waals surface area contributed by atoms with Crippen LogP contribution in [0.2, 0.25) is 0 Å². The molecule has 4 aromatic rings. The van der Waals surface area contributed by atoms with Crippen LogP contribution < -0.4 is 14.8 Å². The molecule has 2 heterocycles. The Morgan fingerprint density at radius 3 is 2.69 bits per heavy atom. The highest BCUT2D eigenvalue weighted by Gasteiger charge is 2.17. The van der Waals surface area contributed by atoms with Crippen molar-refractivity contribution in [3.63, 3.8) is 0 Å². The SMILES string of the molecule is CCCCOc1ccc(C(=O)Nc2cc(C)nn2-c2nc3c(OCC)cccc3s2)cc1. The Labute approximate surface area is 191 Å². The molecule has 0 aliphatic rings. The van der Waals surface area contributed by atoms with Crippen LogP contribution >= 0.6 is 11.3 Å². The van der Waals surface area contributed by atoms with Crippen molar-refractivity contribution in [1.82, 2.24) is 14.8 Å². The largest absolute Gasteiger partial charge is 0.494 e. The van der Waals surface area contributed by atoms with Gasteiger partial charge in [0.05, 0.1) is 23.6 Å². The summed E-state index contributed by atoms with van der Waals surface area (Å²) in [5.74, 6) is 1.84. The maximum atomic E-state index is 12.9. The molecule has 32 heavy (non-hydrogen) atoms. The van der Waals surface area contributed by atoms with E-state index in [-0.39, 0.29) is 5.91 Å². The van der Waals surface area contributed by atoms with Crippen molar-refractivity contribution in [3.05, 3.63) is 59.8 Å². The number of benzene rings is 2. The Hall–Kier alpha value is -3.39. The van der Waals surface area contributed by atoms with Crippen LogP contribution in [0.3, 0.4) is 0 Å². The number of fused-ring (bicyclic) bond motifs is 1. The number of anilines is 1. The van der Waals surface area contributed by atoms with Crippen molar-refractivity contribution in [1.29, 1.82) is 0 Å². The van der Waals surface area contributed by atoms with E-state index in [1.807, 2.05) is 50.2 Å². The molecular weight excluding hydrogens is 424 g/mol. The Balaban J connectivity index is 1.56. The van der Waals surface area contributed by atoms with E-state index in [1.54, 1.807) is 16.8 Å². The van der Waals surface area contributed by atoms with Crippen LogP contribution in [-0.4, -0.2) is 33.9 Å². The van der Waals surface area contributed by atoms with Gasteiger partial charge in [-0.3, -0.25) is 4.79 Å². The van der Waals surface area contributed by atoms with E-state index in [2.05, 4.69) is 17.3 Å². The van der Waals surface area contributed by atoms with Crippen molar-refractivity contribution < 1.29 is 14.3 Å². The number of para-hydroxylation sites is 1. The van der Waals surface area contributed by atoms with Gasteiger partial charge in [0.2, 0.25) is 5.13 Å². The number of thiazole rings is 1. The first kappa shape index (κ1) is 21.8. The lowest BCUT2D eigenvalue weighted by molar-refractivity contribution is 0.102. The predicted octanol–water partition coefficient (Wildman–Crippen LogP) is 5.62. The lowest BCUT2D eigenvalue weighted by Gasteiger charge is -2.08. The van der Waals surface area contributed by atoms with Crippen LogP contribution in [0.25, 0.3) is 15.3 Å². The summed E-state index contributed by atoms with van der Waals surface area (Å²) in [4.78, 5) is 17.6. The van der Waals surface area contributed by atoms with Crippen molar-refractivity contribution in [3.8, 4) is 16.6 Å². The molecule has 0 aliphatic carbocycles. The van der Waals surface area contributed by atoms with Crippen LogP contribution in [0.1, 0.15) is 42.7 Å². The summed E-state index contributed by atoms with van der Waals surface area (Å²) in [6, 6.07) is 14.8. The summed E-state index contributed by atoms with van der Waals surface area (Å²) in [5.41, 5.74) is 2.11. The number of carbonyl (C=O) groups is 1. The molecule has 1 amide bonds. The van der Waals surface area contributed by atoms with Gasteiger partial charge in [-0.1, -0.05) is 30.7 Å². The van der Waals surface area contributed by atoms with Crippen molar-refractivity contribution in [2.75, 3.05) is 18.5 Å². The monoisotopic (exact) mass is 450 g/mol. The summed E-state index contributed by atoms with van der Waals surface area (Å²) in [7, 11) is 0. The average molecular weight is 451 g/mol. The lowest BCUT2D eigenvalue weighted by Crippen LogP contribution is -2.15. The normalized spacial score (nSPS) is 11.0. The molecule has 0 fully saturated rings. The number of nitrogens with zero attached hydrogens (tertiary/aromatic N) is 3. The third-order valence-corrected chi connectivity index (χ3v) is 5.80. The molecule has 166 valence electrons. The van der Waals surface area contributed by atoms with Gasteiger partial charge in [-0.2, -0.15) is 9.78 Å². The van der Waals surface area contributed by atoms with Gasteiger partial charge in [-0.25, -0.2) is 4.98 Å². The number of aryl methyl sites for hydroxylation is 1. The molecule has 2 aromatic carbocycles. The molecule has 8 heteroatoms. The van der Waals surface area contributed by atoms with Gasteiger partial charge >= 0.3 is 0 Å². The van der Waals surface area contributed by atoms with Gasteiger partial charge in [-0.05, 0) is 56.7 Å². The highest BCUT2D eigenvalue weighted by Crippen LogP contribution is 2.32. The topological polar surface area (TPSA) is 78.3 Å². The quantitative estimate of drug-likeness (QED) is 0.335. The van der Waals surface area contributed by atoms with Crippen LogP contribution in [-0.2, 0) is 0 Å². The minimum absolute atomic E-state index is 0.220. The fourth-order valence-corrected chi connectivity index (χ4v) is 4.18. The van der Waals surface area contributed by atoms with E-state index in [0.29, 0.717) is 29.7 Å². The van der Waals surface area contributed by atoms with Crippen LogP contribution in [0, 0.1) is 6.92 Å². The molecule has 0 atom stereocenters. The number of amides is 1. The number of unbranched alkanes of at least 4 members (excludes halogenated alkanes) is 1. The standard InChI is InChI=1S/C24H26N4O3S/c1-4-6-14-31-18-12-10-17(11-13-18)23(29)25-21-15-16(3)27-28(21)24-26-22-19(30-5-2)8-7-9-20(22)32-24/h7-13,15H,4-6,14H2,1-3H3,(H,25,29). The number of rotatable bonds is 9. The van der Waals surface area contributed by atoms with Crippen molar-refractivity contribution in [2.45, 2.75) is 33.6 Å². The zero-order chi connectivity index (χ0) is 22.5. The molecule has 0 spiro atoms. The van der Waals surface area contributed by atoms with Crippen molar-refractivity contribution in [2.24, 2.45) is 0 Å². The molecule has 0 radical (unpaired) electrons. The lowest BCUT2D eigenvalue weighted by atomic mass is 10.2. The minimum atomic E-state index is -0.220. The summed E-state index contributed by atoms with van der Waals surface area (Å²) < 4.78 is 14.0. The van der Waals surface area contributed by atoms with E-state index in [4.69, 9.17) is 14.5 Å². The first-order chi connectivity index (χ1) is 15.6. The molecule has 2 aromatic heterocycles. The minimum Gasteiger partial charge on any atom is -0.494 e. The summed E-state index contributed by atoms with van der Waals surface area (Å²) in [6.45, 7) is 7.19. The zero-order valence-electron chi connectivity index (χ0n) is 18.4. The fraction of sp³-hybridized carbons (Fsp3) is 0.292. The summed E-state index contributed by atoms with van der Waals surface area (Å²) >= 11 is 1.49. The Bertz CT molecular complexity index is 1210. The van der Waals surface area contributed by atoms with Gasteiger partial charge in [-0.15, -0.1) is 0 Å².